The summed E-state index contributed by atoms with van der Waals surface area (Å²) in [5.74, 6) is 0. The molecule has 2 saturated heterocycles. The van der Waals surface area contributed by atoms with Gasteiger partial charge >= 0.3 is 0 Å². The zero-order chi connectivity index (χ0) is 10.2. The van der Waals surface area contributed by atoms with Gasteiger partial charge in [-0.05, 0) is 19.4 Å². The topological polar surface area (TPSA) is 41.5 Å². The molecule has 82 valence electrons. The molecule has 2 rings (SSSR count). The van der Waals surface area contributed by atoms with Gasteiger partial charge in [-0.3, -0.25) is 0 Å². The third-order valence-electron chi connectivity index (χ3n) is 3.84. The maximum atomic E-state index is 10.7. The second-order valence-electron chi connectivity index (χ2n) is 5.30. The Morgan fingerprint density at radius 3 is 2.57 bits per heavy atom. The van der Waals surface area contributed by atoms with E-state index in [0.717, 1.165) is 13.0 Å². The first-order valence-electron chi connectivity index (χ1n) is 5.60. The predicted molar refractivity (Wildman–Crippen MR) is 55.2 cm³/mol. The molecule has 0 aliphatic carbocycles. The number of aliphatic hydroxyl groups is 1. The molecule has 3 heteroatoms. The van der Waals surface area contributed by atoms with E-state index in [1.165, 1.54) is 12.8 Å². The molecular formula is C11H21NO2. The van der Waals surface area contributed by atoms with Crippen molar-refractivity contribution in [2.75, 3.05) is 19.8 Å². The predicted octanol–water partition coefficient (Wildman–Crippen LogP) is 0.916. The lowest BCUT2D eigenvalue weighted by molar-refractivity contribution is -0.0698. The van der Waals surface area contributed by atoms with Gasteiger partial charge in [-0.1, -0.05) is 20.3 Å². The van der Waals surface area contributed by atoms with Crippen LogP contribution >= 0.6 is 0 Å². The molecule has 0 aromatic rings. The summed E-state index contributed by atoms with van der Waals surface area (Å²) in [4.78, 5) is 0. The Labute approximate surface area is 85.8 Å². The first kappa shape index (κ1) is 10.4. The molecular weight excluding hydrogens is 178 g/mol. The third kappa shape index (κ3) is 1.47. The van der Waals surface area contributed by atoms with E-state index in [0.29, 0.717) is 13.2 Å². The summed E-state index contributed by atoms with van der Waals surface area (Å²) in [6, 6.07) is 0.216. The smallest absolute Gasteiger partial charge is 0.110 e. The molecule has 0 spiro atoms. The third-order valence-corrected chi connectivity index (χ3v) is 3.84. The minimum atomic E-state index is -0.673. The summed E-state index contributed by atoms with van der Waals surface area (Å²) >= 11 is 0. The van der Waals surface area contributed by atoms with Crippen molar-refractivity contribution in [1.82, 2.24) is 5.32 Å². The van der Waals surface area contributed by atoms with E-state index in [9.17, 15) is 5.11 Å². The fraction of sp³-hybridized carbons (Fsp3) is 1.00. The highest BCUT2D eigenvalue weighted by molar-refractivity contribution is 5.05. The van der Waals surface area contributed by atoms with Crippen LogP contribution in [-0.2, 0) is 4.74 Å². The number of nitrogens with one attached hydrogen (secondary N) is 1. The zero-order valence-corrected chi connectivity index (χ0v) is 9.18. The van der Waals surface area contributed by atoms with Gasteiger partial charge < -0.3 is 15.2 Å². The Morgan fingerprint density at radius 1 is 1.29 bits per heavy atom. The van der Waals surface area contributed by atoms with Crippen molar-refractivity contribution in [3.63, 3.8) is 0 Å². The first-order valence-corrected chi connectivity index (χ1v) is 5.60. The van der Waals surface area contributed by atoms with Crippen molar-refractivity contribution < 1.29 is 9.84 Å². The van der Waals surface area contributed by atoms with Crippen molar-refractivity contribution in [2.45, 2.75) is 44.8 Å². The van der Waals surface area contributed by atoms with Gasteiger partial charge in [0.15, 0.2) is 0 Å². The summed E-state index contributed by atoms with van der Waals surface area (Å²) < 4.78 is 5.44. The monoisotopic (exact) mass is 199 g/mol. The highest BCUT2D eigenvalue weighted by Gasteiger charge is 2.53. The summed E-state index contributed by atoms with van der Waals surface area (Å²) in [7, 11) is 0. The van der Waals surface area contributed by atoms with Crippen LogP contribution in [0, 0.1) is 5.41 Å². The number of hydrogen-bond acceptors (Lipinski definition) is 3. The van der Waals surface area contributed by atoms with Gasteiger partial charge in [0.2, 0.25) is 0 Å². The molecule has 0 saturated carbocycles. The molecule has 0 aromatic carbocycles. The second-order valence-corrected chi connectivity index (χ2v) is 5.30. The molecule has 0 amide bonds. The minimum Gasteiger partial charge on any atom is -0.385 e. The number of hydrogen-bond donors (Lipinski definition) is 2. The van der Waals surface area contributed by atoms with Crippen LogP contribution in [0.15, 0.2) is 0 Å². The SMILES string of the molecule is CC1(C)COCC1(O)C1CCCCN1. The lowest BCUT2D eigenvalue weighted by Gasteiger charge is -2.43. The van der Waals surface area contributed by atoms with E-state index in [1.54, 1.807) is 0 Å². The molecule has 2 atom stereocenters. The molecule has 0 radical (unpaired) electrons. The van der Waals surface area contributed by atoms with Crippen molar-refractivity contribution in [1.29, 1.82) is 0 Å². The zero-order valence-electron chi connectivity index (χ0n) is 9.18. The second kappa shape index (κ2) is 3.47. The normalized spacial score (nSPS) is 42.6. The van der Waals surface area contributed by atoms with Crippen LogP contribution in [0.3, 0.4) is 0 Å². The fourth-order valence-corrected chi connectivity index (χ4v) is 2.61. The molecule has 2 heterocycles. The molecule has 0 bridgehead atoms. The largest absolute Gasteiger partial charge is 0.385 e. The Morgan fingerprint density at radius 2 is 2.07 bits per heavy atom. The highest BCUT2D eigenvalue weighted by atomic mass is 16.5. The summed E-state index contributed by atoms with van der Waals surface area (Å²) in [6.07, 6.45) is 3.52. The van der Waals surface area contributed by atoms with E-state index < -0.39 is 5.60 Å². The molecule has 0 aromatic heterocycles. The van der Waals surface area contributed by atoms with Gasteiger partial charge in [0, 0.05) is 11.5 Å². The van der Waals surface area contributed by atoms with E-state index in [2.05, 4.69) is 19.2 Å². The Balaban J connectivity index is 2.13. The van der Waals surface area contributed by atoms with Gasteiger partial charge in [0.05, 0.1) is 13.2 Å². The van der Waals surface area contributed by atoms with Gasteiger partial charge in [-0.2, -0.15) is 0 Å². The number of ether oxygens (including phenoxy) is 1. The number of rotatable bonds is 1. The summed E-state index contributed by atoms with van der Waals surface area (Å²) in [5.41, 5.74) is -0.796. The van der Waals surface area contributed by atoms with Crippen LogP contribution in [0.2, 0.25) is 0 Å². The van der Waals surface area contributed by atoms with Crippen LogP contribution in [0.4, 0.5) is 0 Å². The molecule has 2 N–H and O–H groups in total. The molecule has 2 aliphatic rings. The molecule has 2 fully saturated rings. The lowest BCUT2D eigenvalue weighted by Crippen LogP contribution is -2.60. The fourth-order valence-electron chi connectivity index (χ4n) is 2.61. The maximum absolute atomic E-state index is 10.7. The van der Waals surface area contributed by atoms with Gasteiger partial charge in [0.25, 0.3) is 0 Å². The van der Waals surface area contributed by atoms with E-state index in [4.69, 9.17) is 4.74 Å². The average Bonchev–Trinajstić information content (AvgIpc) is 2.44. The first-order chi connectivity index (χ1) is 6.56. The Hall–Kier alpha value is -0.120. The quantitative estimate of drug-likeness (QED) is 0.660. The van der Waals surface area contributed by atoms with Gasteiger partial charge in [-0.15, -0.1) is 0 Å². The van der Waals surface area contributed by atoms with Crippen LogP contribution < -0.4 is 5.32 Å². The van der Waals surface area contributed by atoms with Crippen LogP contribution in [-0.4, -0.2) is 36.5 Å². The average molecular weight is 199 g/mol. The van der Waals surface area contributed by atoms with Crippen LogP contribution in [0.1, 0.15) is 33.1 Å². The van der Waals surface area contributed by atoms with Crippen molar-refractivity contribution in [3.8, 4) is 0 Å². The molecule has 14 heavy (non-hydrogen) atoms. The summed E-state index contributed by atoms with van der Waals surface area (Å²) in [5, 5.41) is 14.1. The standard InChI is InChI=1S/C11H21NO2/c1-10(2)7-14-8-11(10,13)9-5-3-4-6-12-9/h9,12-13H,3-8H2,1-2H3. The van der Waals surface area contributed by atoms with Gasteiger partial charge in [0.1, 0.15) is 5.60 Å². The summed E-state index contributed by atoms with van der Waals surface area (Å²) in [6.45, 7) is 6.37. The Bertz CT molecular complexity index is 211. The van der Waals surface area contributed by atoms with Crippen molar-refractivity contribution in [3.05, 3.63) is 0 Å². The van der Waals surface area contributed by atoms with Crippen molar-refractivity contribution >= 4 is 0 Å². The van der Waals surface area contributed by atoms with E-state index in [1.807, 2.05) is 0 Å². The molecule has 2 aliphatic heterocycles. The number of piperidine rings is 1. The van der Waals surface area contributed by atoms with Gasteiger partial charge in [-0.25, -0.2) is 0 Å². The van der Waals surface area contributed by atoms with Crippen LogP contribution in [0.5, 0.6) is 0 Å². The highest BCUT2D eigenvalue weighted by Crippen LogP contribution is 2.41. The van der Waals surface area contributed by atoms with E-state index in [-0.39, 0.29) is 11.5 Å². The molecule has 2 unspecified atom stereocenters. The maximum Gasteiger partial charge on any atom is 0.110 e. The minimum absolute atomic E-state index is 0.123. The lowest BCUT2D eigenvalue weighted by atomic mass is 9.71. The van der Waals surface area contributed by atoms with Crippen LogP contribution in [0.25, 0.3) is 0 Å². The van der Waals surface area contributed by atoms with Crippen molar-refractivity contribution in [2.24, 2.45) is 5.41 Å². The van der Waals surface area contributed by atoms with E-state index >= 15 is 0 Å². The molecule has 3 nitrogen and oxygen atoms in total. The Kier molecular flexibility index (Phi) is 2.58.